The highest BCUT2D eigenvalue weighted by Gasteiger charge is 2.20. The summed E-state index contributed by atoms with van der Waals surface area (Å²) in [7, 11) is 1.67. The Morgan fingerprint density at radius 2 is 1.82 bits per heavy atom. The number of amides is 1. The molecule has 0 unspecified atom stereocenters. The molecule has 3 nitrogen and oxygen atoms in total. The van der Waals surface area contributed by atoms with Crippen LogP contribution in [0.4, 0.5) is 0 Å². The third kappa shape index (κ3) is 3.14. The van der Waals surface area contributed by atoms with Gasteiger partial charge in [0.25, 0.3) is 0 Å². The first-order valence-electron chi connectivity index (χ1n) is 7.74. The number of aryl methyl sites for hydroxylation is 1. The van der Waals surface area contributed by atoms with Gasteiger partial charge in [-0.1, -0.05) is 42.5 Å². The van der Waals surface area contributed by atoms with Crippen LogP contribution >= 0.6 is 0 Å². The summed E-state index contributed by atoms with van der Waals surface area (Å²) < 4.78 is 5.34. The summed E-state index contributed by atoms with van der Waals surface area (Å²) in [6.45, 7) is 1.56. The largest absolute Gasteiger partial charge is 0.496 e. The average Bonchev–Trinajstić information content (AvgIpc) is 2.59. The highest BCUT2D eigenvalue weighted by molar-refractivity contribution is 5.77. The number of carbonyl (C=O) groups excluding carboxylic acids is 1. The Bertz CT molecular complexity index is 666. The highest BCUT2D eigenvalue weighted by atomic mass is 16.5. The van der Waals surface area contributed by atoms with E-state index in [1.807, 2.05) is 35.2 Å². The molecule has 0 bridgehead atoms. The predicted octanol–water partition coefficient (Wildman–Crippen LogP) is 3.21. The van der Waals surface area contributed by atoms with E-state index in [2.05, 4.69) is 18.2 Å². The topological polar surface area (TPSA) is 29.5 Å². The number of benzene rings is 2. The molecule has 3 rings (SSSR count). The summed E-state index contributed by atoms with van der Waals surface area (Å²) >= 11 is 0. The second-order valence-corrected chi connectivity index (χ2v) is 5.65. The zero-order valence-electron chi connectivity index (χ0n) is 12.9. The first-order chi connectivity index (χ1) is 10.8. The van der Waals surface area contributed by atoms with Crippen molar-refractivity contribution < 1.29 is 9.53 Å². The molecule has 1 aliphatic rings. The minimum atomic E-state index is 0.223. The van der Waals surface area contributed by atoms with Crippen LogP contribution in [0.2, 0.25) is 0 Å². The molecule has 114 valence electrons. The van der Waals surface area contributed by atoms with E-state index in [0.29, 0.717) is 6.42 Å². The van der Waals surface area contributed by atoms with Crippen LogP contribution in [-0.2, 0) is 24.2 Å². The van der Waals surface area contributed by atoms with Gasteiger partial charge in [-0.15, -0.1) is 0 Å². The summed E-state index contributed by atoms with van der Waals surface area (Å²) in [6.07, 6.45) is 2.21. The smallest absolute Gasteiger partial charge is 0.223 e. The van der Waals surface area contributed by atoms with Crippen molar-refractivity contribution in [2.45, 2.75) is 25.8 Å². The predicted molar refractivity (Wildman–Crippen MR) is 86.9 cm³/mol. The van der Waals surface area contributed by atoms with Crippen LogP contribution in [0, 0.1) is 0 Å². The van der Waals surface area contributed by atoms with Crippen LogP contribution < -0.4 is 4.74 Å². The van der Waals surface area contributed by atoms with Crippen LogP contribution in [0.1, 0.15) is 23.1 Å². The van der Waals surface area contributed by atoms with Crippen molar-refractivity contribution in [1.29, 1.82) is 0 Å². The summed E-state index contributed by atoms with van der Waals surface area (Å²) in [5.41, 5.74) is 3.74. The molecule has 0 N–H and O–H groups in total. The Labute approximate surface area is 131 Å². The van der Waals surface area contributed by atoms with Crippen LogP contribution in [0.15, 0.2) is 48.5 Å². The first-order valence-corrected chi connectivity index (χ1v) is 7.74. The minimum Gasteiger partial charge on any atom is -0.496 e. The Balaban J connectivity index is 1.61. The van der Waals surface area contributed by atoms with Gasteiger partial charge in [-0.2, -0.15) is 0 Å². The van der Waals surface area contributed by atoms with Crippen molar-refractivity contribution in [3.05, 3.63) is 65.2 Å². The number of methoxy groups -OCH3 is 1. The zero-order valence-corrected chi connectivity index (χ0v) is 12.9. The van der Waals surface area contributed by atoms with Crippen molar-refractivity contribution >= 4 is 5.91 Å². The molecule has 22 heavy (non-hydrogen) atoms. The fourth-order valence-electron chi connectivity index (χ4n) is 3.02. The minimum absolute atomic E-state index is 0.223. The molecule has 0 saturated heterocycles. The fourth-order valence-corrected chi connectivity index (χ4v) is 3.02. The molecule has 2 aromatic carbocycles. The second kappa shape index (κ2) is 6.65. The number of ether oxygens (including phenoxy) is 1. The van der Waals surface area contributed by atoms with Crippen LogP contribution in [0.25, 0.3) is 0 Å². The van der Waals surface area contributed by atoms with Gasteiger partial charge in [-0.05, 0) is 35.6 Å². The molecular weight excluding hydrogens is 274 g/mol. The van der Waals surface area contributed by atoms with Crippen molar-refractivity contribution in [1.82, 2.24) is 4.90 Å². The molecule has 0 atom stereocenters. The lowest BCUT2D eigenvalue weighted by molar-refractivity contribution is -0.132. The maximum absolute atomic E-state index is 12.5. The van der Waals surface area contributed by atoms with Crippen molar-refractivity contribution in [2.24, 2.45) is 0 Å². The van der Waals surface area contributed by atoms with Gasteiger partial charge in [-0.25, -0.2) is 0 Å². The van der Waals surface area contributed by atoms with E-state index in [4.69, 9.17) is 4.74 Å². The van der Waals surface area contributed by atoms with Crippen molar-refractivity contribution in [2.75, 3.05) is 13.7 Å². The Hall–Kier alpha value is -2.29. The lowest BCUT2D eigenvalue weighted by Gasteiger charge is -2.29. The number of hydrogen-bond acceptors (Lipinski definition) is 2. The van der Waals surface area contributed by atoms with Gasteiger partial charge < -0.3 is 9.64 Å². The quantitative estimate of drug-likeness (QED) is 0.867. The third-order valence-corrected chi connectivity index (χ3v) is 4.28. The molecule has 0 aliphatic carbocycles. The fraction of sp³-hybridized carbons (Fsp3) is 0.316. The van der Waals surface area contributed by atoms with Gasteiger partial charge in [0.05, 0.1) is 7.11 Å². The second-order valence-electron chi connectivity index (χ2n) is 5.65. The Morgan fingerprint density at radius 3 is 2.64 bits per heavy atom. The number of nitrogens with zero attached hydrogens (tertiary/aromatic N) is 1. The number of carbonyl (C=O) groups is 1. The van der Waals surface area contributed by atoms with E-state index in [1.165, 1.54) is 11.1 Å². The highest BCUT2D eigenvalue weighted by Crippen LogP contribution is 2.22. The number of hydrogen-bond donors (Lipinski definition) is 0. The molecular formula is C19H21NO2. The number of para-hydroxylation sites is 1. The first kappa shape index (κ1) is 14.6. The molecule has 1 amide bonds. The van der Waals surface area contributed by atoms with E-state index < -0.39 is 0 Å². The maximum atomic E-state index is 12.5. The number of rotatable bonds is 4. The molecule has 0 aromatic heterocycles. The van der Waals surface area contributed by atoms with Crippen molar-refractivity contribution in [3.63, 3.8) is 0 Å². The number of fused-ring (bicyclic) bond motifs is 1. The van der Waals surface area contributed by atoms with Crippen LogP contribution in [-0.4, -0.2) is 24.5 Å². The Kier molecular flexibility index (Phi) is 4.42. The molecule has 0 radical (unpaired) electrons. The van der Waals surface area contributed by atoms with Gasteiger partial charge in [0.2, 0.25) is 5.91 Å². The third-order valence-electron chi connectivity index (χ3n) is 4.28. The Morgan fingerprint density at radius 1 is 1.09 bits per heavy atom. The van der Waals surface area contributed by atoms with Gasteiger partial charge in [-0.3, -0.25) is 4.79 Å². The molecule has 0 fully saturated rings. The SMILES string of the molecule is COc1ccccc1CCC(=O)N1CCc2ccccc2C1. The van der Waals surface area contributed by atoms with Gasteiger partial charge in [0, 0.05) is 19.5 Å². The van der Waals surface area contributed by atoms with E-state index in [-0.39, 0.29) is 5.91 Å². The maximum Gasteiger partial charge on any atom is 0.223 e. The standard InChI is InChI=1S/C19H21NO2/c1-22-18-9-5-4-7-16(18)10-11-19(21)20-13-12-15-6-2-3-8-17(15)14-20/h2-9H,10-14H2,1H3. The van der Waals surface area contributed by atoms with Gasteiger partial charge in [0.1, 0.15) is 5.75 Å². The van der Waals surface area contributed by atoms with E-state index in [0.717, 1.165) is 37.2 Å². The monoisotopic (exact) mass is 295 g/mol. The average molecular weight is 295 g/mol. The zero-order chi connectivity index (χ0) is 15.4. The molecule has 0 saturated carbocycles. The van der Waals surface area contributed by atoms with E-state index in [9.17, 15) is 4.79 Å². The summed E-state index contributed by atoms with van der Waals surface area (Å²) in [5, 5.41) is 0. The van der Waals surface area contributed by atoms with E-state index in [1.54, 1.807) is 7.11 Å². The van der Waals surface area contributed by atoms with Gasteiger partial charge >= 0.3 is 0 Å². The van der Waals surface area contributed by atoms with Gasteiger partial charge in [0.15, 0.2) is 0 Å². The lowest BCUT2D eigenvalue weighted by Crippen LogP contribution is -2.36. The van der Waals surface area contributed by atoms with Crippen molar-refractivity contribution in [3.8, 4) is 5.75 Å². The molecule has 3 heteroatoms. The lowest BCUT2D eigenvalue weighted by atomic mass is 9.99. The van der Waals surface area contributed by atoms with Crippen LogP contribution in [0.3, 0.4) is 0 Å². The van der Waals surface area contributed by atoms with Crippen LogP contribution in [0.5, 0.6) is 5.75 Å². The summed E-state index contributed by atoms with van der Waals surface area (Å²) in [6, 6.07) is 16.3. The summed E-state index contributed by atoms with van der Waals surface area (Å²) in [5.74, 6) is 1.08. The normalized spacial score (nSPS) is 13.6. The van der Waals surface area contributed by atoms with E-state index >= 15 is 0 Å². The molecule has 2 aromatic rings. The molecule has 1 aliphatic heterocycles. The molecule has 1 heterocycles. The summed E-state index contributed by atoms with van der Waals surface area (Å²) in [4.78, 5) is 14.4. The molecule has 0 spiro atoms.